The molecule has 1 atom stereocenters. The summed E-state index contributed by atoms with van der Waals surface area (Å²) in [6, 6.07) is 7.88. The molecule has 0 unspecified atom stereocenters. The van der Waals surface area contributed by atoms with Crippen LogP contribution >= 0.6 is 11.6 Å². The maximum atomic E-state index is 13.9. The number of nitrogens with zero attached hydrogens (tertiary/aromatic N) is 6. The summed E-state index contributed by atoms with van der Waals surface area (Å²) in [6.45, 7) is 6.03. The van der Waals surface area contributed by atoms with Crippen LogP contribution in [0, 0.1) is 23.1 Å². The zero-order valence-electron chi connectivity index (χ0n) is 24.0. The number of fused-ring (bicyclic) bond motifs is 1. The van der Waals surface area contributed by atoms with E-state index in [4.69, 9.17) is 37.2 Å². The first-order chi connectivity index (χ1) is 21.3. The van der Waals surface area contributed by atoms with Gasteiger partial charge in [-0.3, -0.25) is 10.4 Å². The Bertz CT molecular complexity index is 1700. The molecule has 228 valence electrons. The number of rotatable bonds is 7. The number of hydrogen-bond acceptors (Lipinski definition) is 9. The number of hydrogen-bond donors (Lipinski definition) is 2. The molecule has 0 spiro atoms. The van der Waals surface area contributed by atoms with Gasteiger partial charge < -0.3 is 24.7 Å². The molecule has 44 heavy (non-hydrogen) atoms. The van der Waals surface area contributed by atoms with Gasteiger partial charge >= 0.3 is 6.09 Å². The van der Waals surface area contributed by atoms with Gasteiger partial charge in [0, 0.05) is 31.0 Å². The number of nitrogens with two attached hydrogens (primary N) is 1. The molecule has 4 heterocycles. The van der Waals surface area contributed by atoms with E-state index in [0.717, 1.165) is 31.2 Å². The molecule has 6 rings (SSSR count). The van der Waals surface area contributed by atoms with E-state index in [-0.39, 0.29) is 17.7 Å². The summed E-state index contributed by atoms with van der Waals surface area (Å²) in [5.41, 5.74) is 8.03. The number of allylic oxidation sites excluding steroid dienone is 1. The lowest BCUT2D eigenvalue weighted by Gasteiger charge is -2.37. The second kappa shape index (κ2) is 12.7. The largest absolute Gasteiger partial charge is 0.411 e. The topological polar surface area (TPSA) is 145 Å². The Hall–Kier alpha value is -4.42. The van der Waals surface area contributed by atoms with Crippen LogP contribution in [0.15, 0.2) is 55.4 Å². The summed E-state index contributed by atoms with van der Waals surface area (Å²) in [4.78, 5) is 32.1. The molecule has 2 fully saturated rings. The third-order valence-corrected chi connectivity index (χ3v) is 8.48. The smallest absolute Gasteiger partial charge is 0.388 e. The molecule has 1 saturated heterocycles. The molecule has 3 N–H and O–H groups in total. The van der Waals surface area contributed by atoms with Crippen molar-refractivity contribution in [2.45, 2.75) is 38.3 Å². The molecular weight excluding hydrogens is 587 g/mol. The first-order valence-corrected chi connectivity index (χ1v) is 14.9. The van der Waals surface area contributed by atoms with Gasteiger partial charge in [-0.15, -0.1) is 6.58 Å². The van der Waals surface area contributed by atoms with E-state index in [1.165, 1.54) is 18.3 Å². The molecule has 11 nitrogen and oxygen atoms in total. The number of pyridine rings is 1. The van der Waals surface area contributed by atoms with Crippen molar-refractivity contribution in [3.8, 4) is 11.3 Å². The first-order valence-electron chi connectivity index (χ1n) is 14.5. The highest BCUT2D eigenvalue weighted by atomic mass is 35.5. The van der Waals surface area contributed by atoms with Crippen LogP contribution in [-0.2, 0) is 16.0 Å². The summed E-state index contributed by atoms with van der Waals surface area (Å²) in [6.07, 6.45) is 8.18. The van der Waals surface area contributed by atoms with Crippen molar-refractivity contribution in [3.63, 3.8) is 0 Å². The van der Waals surface area contributed by atoms with Gasteiger partial charge in [-0.25, -0.2) is 19.2 Å². The van der Waals surface area contributed by atoms with Crippen molar-refractivity contribution >= 4 is 40.7 Å². The second-order valence-corrected chi connectivity index (χ2v) is 11.5. The van der Waals surface area contributed by atoms with Crippen molar-refractivity contribution in [1.29, 1.82) is 5.41 Å². The summed E-state index contributed by atoms with van der Waals surface area (Å²) in [7, 11) is 0. The lowest BCUT2D eigenvalue weighted by Crippen LogP contribution is -2.41. The Morgan fingerprint density at radius 3 is 2.66 bits per heavy atom. The van der Waals surface area contributed by atoms with E-state index in [0.29, 0.717) is 71.5 Å². The van der Waals surface area contributed by atoms with E-state index in [2.05, 4.69) is 31.0 Å². The standard InChI is InChI=1S/C31H32ClFN8O3/c1-2-18-3-5-19(6-4-18)16-41-26-25(21-13-22(32)15-36-14-21)37-29(27(34)44-30(35)42)38-28(26)39-31(41)40-11-12-43-17-24(40)20-7-9-23(33)10-8-20/h2,7-10,13-15,18-19,24,34H,1,3-6,11-12,16-17H2,(H2,35,42)/t18-,19-,24-/m0/s1. The van der Waals surface area contributed by atoms with E-state index >= 15 is 0 Å². The summed E-state index contributed by atoms with van der Waals surface area (Å²) in [5, 5.41) is 8.71. The molecule has 0 radical (unpaired) electrons. The molecule has 4 aromatic rings. The molecule has 3 aromatic heterocycles. The molecule has 1 aliphatic carbocycles. The number of benzene rings is 1. The van der Waals surface area contributed by atoms with E-state index in [1.54, 1.807) is 24.4 Å². The summed E-state index contributed by atoms with van der Waals surface area (Å²) < 4.78 is 26.7. The average Bonchev–Trinajstić information content (AvgIpc) is 3.39. The lowest BCUT2D eigenvalue weighted by atomic mass is 9.82. The highest BCUT2D eigenvalue weighted by Gasteiger charge is 2.32. The van der Waals surface area contributed by atoms with Crippen molar-refractivity contribution in [2.75, 3.05) is 24.7 Å². The van der Waals surface area contributed by atoms with Crippen molar-refractivity contribution in [2.24, 2.45) is 17.6 Å². The third kappa shape index (κ3) is 6.13. The maximum absolute atomic E-state index is 13.9. The molecule has 1 saturated carbocycles. The van der Waals surface area contributed by atoms with Crippen LogP contribution in [0.5, 0.6) is 0 Å². The average molecular weight is 619 g/mol. The number of nitrogens with one attached hydrogen (secondary N) is 1. The van der Waals surface area contributed by atoms with Gasteiger partial charge in [0.05, 0.1) is 24.3 Å². The van der Waals surface area contributed by atoms with Crippen molar-refractivity contribution in [3.05, 3.63) is 77.6 Å². The minimum Gasteiger partial charge on any atom is -0.388 e. The van der Waals surface area contributed by atoms with Gasteiger partial charge in [0.25, 0.3) is 5.90 Å². The monoisotopic (exact) mass is 618 g/mol. The number of imidazole rings is 1. The van der Waals surface area contributed by atoms with Crippen molar-refractivity contribution < 1.29 is 18.7 Å². The number of halogens is 2. The quantitative estimate of drug-likeness (QED) is 0.153. The van der Waals surface area contributed by atoms with Crippen LogP contribution in [0.1, 0.15) is 43.1 Å². The highest BCUT2D eigenvalue weighted by Crippen LogP contribution is 2.38. The van der Waals surface area contributed by atoms with Gasteiger partial charge in [-0.1, -0.05) is 29.8 Å². The van der Waals surface area contributed by atoms with Crippen LogP contribution < -0.4 is 10.6 Å². The zero-order valence-corrected chi connectivity index (χ0v) is 24.7. The van der Waals surface area contributed by atoms with Gasteiger partial charge in [0.15, 0.2) is 5.65 Å². The fraction of sp³-hybridized carbons (Fsp3) is 0.355. The zero-order chi connectivity index (χ0) is 30.8. The van der Waals surface area contributed by atoms with Crippen molar-refractivity contribution in [1.82, 2.24) is 24.5 Å². The van der Waals surface area contributed by atoms with Gasteiger partial charge in [0.2, 0.25) is 11.8 Å². The number of amides is 1. The number of ether oxygens (including phenoxy) is 2. The van der Waals surface area contributed by atoms with Crippen LogP contribution in [0.3, 0.4) is 0 Å². The third-order valence-electron chi connectivity index (χ3n) is 8.27. The number of carbonyl (C=O) groups excluding carboxylic acids is 1. The molecule has 13 heteroatoms. The van der Waals surface area contributed by atoms with E-state index in [9.17, 15) is 9.18 Å². The predicted molar refractivity (Wildman–Crippen MR) is 164 cm³/mol. The van der Waals surface area contributed by atoms with Crippen LogP contribution in [-0.4, -0.2) is 56.3 Å². The fourth-order valence-electron chi connectivity index (χ4n) is 6.08. The molecule has 1 aromatic carbocycles. The molecule has 1 aliphatic heterocycles. The van der Waals surface area contributed by atoms with Gasteiger partial charge in [-0.2, -0.15) is 4.98 Å². The lowest BCUT2D eigenvalue weighted by molar-refractivity contribution is 0.0927. The summed E-state index contributed by atoms with van der Waals surface area (Å²) in [5.74, 6) is 0.420. The Kier molecular flexibility index (Phi) is 8.53. The molecule has 1 amide bonds. The number of anilines is 1. The second-order valence-electron chi connectivity index (χ2n) is 11.1. The number of carbonyl (C=O) groups is 1. The fourth-order valence-corrected chi connectivity index (χ4v) is 6.25. The Morgan fingerprint density at radius 1 is 1.18 bits per heavy atom. The normalized spacial score (nSPS) is 20.4. The van der Waals surface area contributed by atoms with Crippen LogP contribution in [0.25, 0.3) is 22.4 Å². The van der Waals surface area contributed by atoms with Crippen LogP contribution in [0.4, 0.5) is 15.1 Å². The molecule has 0 bridgehead atoms. The maximum Gasteiger partial charge on any atom is 0.411 e. The SMILES string of the molecule is C=C[C@H]1CC[C@H](Cn2c(N3CCOC[C@H]3c3ccc(F)cc3)nc3nc(C(=N)OC(N)=O)nc(-c4cncc(Cl)c4)c32)CC1. The van der Waals surface area contributed by atoms with Crippen LogP contribution in [0.2, 0.25) is 5.02 Å². The van der Waals surface area contributed by atoms with Gasteiger partial charge in [0.1, 0.15) is 17.0 Å². The predicted octanol–water partition coefficient (Wildman–Crippen LogP) is 5.67. The number of primary amides is 1. The number of morpholine rings is 1. The molecule has 2 aliphatic rings. The minimum absolute atomic E-state index is 0.161. The Balaban J connectivity index is 1.55. The highest BCUT2D eigenvalue weighted by molar-refractivity contribution is 6.30. The Labute approximate surface area is 258 Å². The molecular formula is C31H32ClFN8O3. The summed E-state index contributed by atoms with van der Waals surface area (Å²) >= 11 is 6.35. The van der Waals surface area contributed by atoms with E-state index < -0.39 is 12.0 Å². The number of aromatic nitrogens is 5. The first kappa shape index (κ1) is 29.6. The Morgan fingerprint density at radius 2 is 1.95 bits per heavy atom. The minimum atomic E-state index is -1.15. The van der Waals surface area contributed by atoms with Gasteiger partial charge in [-0.05, 0) is 61.3 Å². The van der Waals surface area contributed by atoms with E-state index in [1.807, 2.05) is 6.08 Å².